The molecule has 106 valence electrons. The Labute approximate surface area is 111 Å². The summed E-state index contributed by atoms with van der Waals surface area (Å²) in [6.45, 7) is 9.28. The lowest BCUT2D eigenvalue weighted by Gasteiger charge is -2.45. The van der Waals surface area contributed by atoms with Gasteiger partial charge in [0.1, 0.15) is 0 Å². The third kappa shape index (κ3) is 3.44. The van der Waals surface area contributed by atoms with Crippen molar-refractivity contribution in [3.63, 3.8) is 0 Å². The number of nitrogens with one attached hydrogen (secondary N) is 1. The van der Waals surface area contributed by atoms with E-state index in [0.29, 0.717) is 11.5 Å². The summed E-state index contributed by atoms with van der Waals surface area (Å²) in [6.07, 6.45) is 3.55. The molecule has 2 saturated heterocycles. The first-order chi connectivity index (χ1) is 8.79. The van der Waals surface area contributed by atoms with Crippen LogP contribution in [0.25, 0.3) is 0 Å². The van der Waals surface area contributed by atoms with Crippen LogP contribution in [0, 0.1) is 5.41 Å². The number of nitrogens with zero attached hydrogens (tertiary/aromatic N) is 1. The minimum atomic E-state index is 0.401. The van der Waals surface area contributed by atoms with Crippen LogP contribution in [0.4, 0.5) is 0 Å². The number of morpholine rings is 1. The molecule has 4 nitrogen and oxygen atoms in total. The highest BCUT2D eigenvalue weighted by atomic mass is 16.5. The van der Waals surface area contributed by atoms with E-state index in [1.165, 1.54) is 25.8 Å². The second-order valence-electron chi connectivity index (χ2n) is 5.75. The Bertz CT molecular complexity index is 236. The van der Waals surface area contributed by atoms with Crippen LogP contribution in [0.2, 0.25) is 0 Å². The highest BCUT2D eigenvalue weighted by Crippen LogP contribution is 2.32. The van der Waals surface area contributed by atoms with Crippen molar-refractivity contribution in [2.45, 2.75) is 32.2 Å². The third-order valence-electron chi connectivity index (χ3n) is 4.46. The quantitative estimate of drug-likeness (QED) is 0.799. The molecule has 4 heteroatoms. The Morgan fingerprint density at radius 1 is 1.22 bits per heavy atom. The van der Waals surface area contributed by atoms with Crippen LogP contribution >= 0.6 is 0 Å². The van der Waals surface area contributed by atoms with E-state index in [2.05, 4.69) is 24.2 Å². The zero-order valence-electron chi connectivity index (χ0n) is 11.9. The Morgan fingerprint density at radius 3 is 2.67 bits per heavy atom. The topological polar surface area (TPSA) is 33.7 Å². The van der Waals surface area contributed by atoms with Crippen LogP contribution in [0.3, 0.4) is 0 Å². The molecule has 0 amide bonds. The Morgan fingerprint density at radius 2 is 2.00 bits per heavy atom. The lowest BCUT2D eigenvalue weighted by Crippen LogP contribution is -2.53. The molecule has 2 aliphatic heterocycles. The van der Waals surface area contributed by atoms with E-state index in [0.717, 1.165) is 39.5 Å². The Hall–Kier alpha value is -0.160. The van der Waals surface area contributed by atoms with E-state index in [9.17, 15) is 0 Å². The van der Waals surface area contributed by atoms with Crippen molar-refractivity contribution in [1.82, 2.24) is 10.2 Å². The van der Waals surface area contributed by atoms with E-state index in [4.69, 9.17) is 9.47 Å². The molecule has 2 rings (SSSR count). The van der Waals surface area contributed by atoms with Gasteiger partial charge < -0.3 is 14.8 Å². The standard InChI is InChI=1S/C14H28N2O2/c1-3-13-10-18-9-6-16(13)12-14(11-15-2)4-7-17-8-5-14/h13,15H,3-12H2,1-2H3. The van der Waals surface area contributed by atoms with Crippen LogP contribution in [0.5, 0.6) is 0 Å². The molecule has 0 saturated carbocycles. The molecule has 1 atom stereocenters. The first kappa shape index (κ1) is 14.3. The smallest absolute Gasteiger partial charge is 0.0622 e. The molecule has 0 radical (unpaired) electrons. The number of hydrogen-bond acceptors (Lipinski definition) is 4. The molecular weight excluding hydrogens is 228 g/mol. The molecule has 1 N–H and O–H groups in total. The average Bonchev–Trinajstić information content (AvgIpc) is 2.40. The van der Waals surface area contributed by atoms with Crippen LogP contribution in [-0.4, -0.2) is 64.1 Å². The Kier molecular flexibility index (Phi) is 5.42. The van der Waals surface area contributed by atoms with E-state index in [1.54, 1.807) is 0 Å². The molecule has 0 aromatic rings. The van der Waals surface area contributed by atoms with Crippen LogP contribution in [-0.2, 0) is 9.47 Å². The number of rotatable bonds is 5. The van der Waals surface area contributed by atoms with Crippen molar-refractivity contribution in [2.24, 2.45) is 5.41 Å². The predicted molar refractivity (Wildman–Crippen MR) is 72.9 cm³/mol. The number of hydrogen-bond donors (Lipinski definition) is 1. The zero-order valence-corrected chi connectivity index (χ0v) is 11.9. The summed E-state index contributed by atoms with van der Waals surface area (Å²) in [6, 6.07) is 0.607. The summed E-state index contributed by atoms with van der Waals surface area (Å²) in [5.41, 5.74) is 0.401. The molecule has 0 aliphatic carbocycles. The maximum Gasteiger partial charge on any atom is 0.0622 e. The minimum Gasteiger partial charge on any atom is -0.381 e. The molecule has 0 aromatic carbocycles. The fourth-order valence-electron chi connectivity index (χ4n) is 3.27. The second-order valence-corrected chi connectivity index (χ2v) is 5.75. The Balaban J connectivity index is 1.98. The highest BCUT2D eigenvalue weighted by molar-refractivity contribution is 4.89. The van der Waals surface area contributed by atoms with E-state index < -0.39 is 0 Å². The summed E-state index contributed by atoms with van der Waals surface area (Å²) in [4.78, 5) is 2.64. The van der Waals surface area contributed by atoms with Gasteiger partial charge in [0.05, 0.1) is 13.2 Å². The van der Waals surface area contributed by atoms with E-state index >= 15 is 0 Å². The second kappa shape index (κ2) is 6.85. The monoisotopic (exact) mass is 256 g/mol. The average molecular weight is 256 g/mol. The summed E-state index contributed by atoms with van der Waals surface area (Å²) in [5, 5.41) is 3.39. The summed E-state index contributed by atoms with van der Waals surface area (Å²) >= 11 is 0. The van der Waals surface area contributed by atoms with Gasteiger partial charge in [-0.15, -0.1) is 0 Å². The van der Waals surface area contributed by atoms with Gasteiger partial charge in [-0.05, 0) is 31.7 Å². The molecule has 2 aliphatic rings. The van der Waals surface area contributed by atoms with Crippen molar-refractivity contribution in [3.05, 3.63) is 0 Å². The SMILES string of the molecule is CCC1COCCN1CC1(CNC)CCOCC1. The van der Waals surface area contributed by atoms with Crippen molar-refractivity contribution in [3.8, 4) is 0 Å². The van der Waals surface area contributed by atoms with Crippen molar-refractivity contribution >= 4 is 0 Å². The van der Waals surface area contributed by atoms with Crippen LogP contribution < -0.4 is 5.32 Å². The van der Waals surface area contributed by atoms with Gasteiger partial charge >= 0.3 is 0 Å². The van der Waals surface area contributed by atoms with Gasteiger partial charge in [-0.3, -0.25) is 4.90 Å². The van der Waals surface area contributed by atoms with Crippen molar-refractivity contribution < 1.29 is 9.47 Å². The van der Waals surface area contributed by atoms with Crippen molar-refractivity contribution in [2.75, 3.05) is 53.1 Å². The van der Waals surface area contributed by atoms with Gasteiger partial charge in [-0.25, -0.2) is 0 Å². The summed E-state index contributed by atoms with van der Waals surface area (Å²) < 4.78 is 11.1. The molecule has 2 fully saturated rings. The maximum absolute atomic E-state index is 5.60. The molecule has 0 spiro atoms. The van der Waals surface area contributed by atoms with Gasteiger partial charge in [0.2, 0.25) is 0 Å². The zero-order chi connectivity index (χ0) is 12.8. The minimum absolute atomic E-state index is 0.401. The summed E-state index contributed by atoms with van der Waals surface area (Å²) in [7, 11) is 2.06. The van der Waals surface area contributed by atoms with E-state index in [-0.39, 0.29) is 0 Å². The van der Waals surface area contributed by atoms with Crippen molar-refractivity contribution in [1.29, 1.82) is 0 Å². The first-order valence-electron chi connectivity index (χ1n) is 7.34. The van der Waals surface area contributed by atoms with Crippen LogP contribution in [0.1, 0.15) is 26.2 Å². The molecule has 0 aromatic heterocycles. The van der Waals surface area contributed by atoms with Gasteiger partial charge in [-0.1, -0.05) is 6.92 Å². The molecule has 2 heterocycles. The normalized spacial score (nSPS) is 29.3. The number of ether oxygens (including phenoxy) is 2. The predicted octanol–water partition coefficient (Wildman–Crippen LogP) is 1.11. The molecule has 18 heavy (non-hydrogen) atoms. The van der Waals surface area contributed by atoms with Gasteiger partial charge in [0.15, 0.2) is 0 Å². The van der Waals surface area contributed by atoms with Gasteiger partial charge in [0.25, 0.3) is 0 Å². The third-order valence-corrected chi connectivity index (χ3v) is 4.46. The first-order valence-corrected chi connectivity index (χ1v) is 7.34. The lowest BCUT2D eigenvalue weighted by molar-refractivity contribution is -0.0540. The van der Waals surface area contributed by atoms with Gasteiger partial charge in [-0.2, -0.15) is 0 Å². The fourth-order valence-corrected chi connectivity index (χ4v) is 3.27. The van der Waals surface area contributed by atoms with Gasteiger partial charge in [0, 0.05) is 38.9 Å². The largest absolute Gasteiger partial charge is 0.381 e. The highest BCUT2D eigenvalue weighted by Gasteiger charge is 2.36. The molecular formula is C14H28N2O2. The molecule has 0 bridgehead atoms. The lowest BCUT2D eigenvalue weighted by atomic mass is 9.79. The maximum atomic E-state index is 5.60. The van der Waals surface area contributed by atoms with Crippen LogP contribution in [0.15, 0.2) is 0 Å². The van der Waals surface area contributed by atoms with E-state index in [1.807, 2.05) is 0 Å². The fraction of sp³-hybridized carbons (Fsp3) is 1.00. The summed E-state index contributed by atoms with van der Waals surface area (Å²) in [5.74, 6) is 0. The molecule has 1 unspecified atom stereocenters.